The predicted octanol–water partition coefficient (Wildman–Crippen LogP) is 0.506. The zero-order valence-corrected chi connectivity index (χ0v) is 5.39. The zero-order chi connectivity index (χ0) is 7.11. The molecule has 0 N–H and O–H groups in total. The fraction of sp³-hybridized carbons (Fsp3) is 0.667. The lowest BCUT2D eigenvalue weighted by atomic mass is 10.2. The van der Waals surface area contributed by atoms with E-state index < -0.39 is 0 Å². The summed E-state index contributed by atoms with van der Waals surface area (Å²) in [6, 6.07) is 1.53. The van der Waals surface area contributed by atoms with Crippen LogP contribution in [-0.4, -0.2) is 19.5 Å². The van der Waals surface area contributed by atoms with E-state index in [1.807, 2.05) is 0 Å². The Labute approximate surface area is 54.2 Å². The SMILES string of the molecule is COCCCC(=O)C#N. The standard InChI is InChI=1S/C6H9NO2/c1-9-4-2-3-6(8)5-7/h2-4H2,1H3. The van der Waals surface area contributed by atoms with E-state index in [1.165, 1.54) is 6.07 Å². The molecule has 0 radical (unpaired) electrons. The number of carbonyl (C=O) groups is 1. The van der Waals surface area contributed by atoms with Crippen molar-refractivity contribution in [1.29, 1.82) is 5.26 Å². The van der Waals surface area contributed by atoms with Crippen LogP contribution in [-0.2, 0) is 9.53 Å². The lowest BCUT2D eigenvalue weighted by Gasteiger charge is -1.91. The Morgan fingerprint density at radius 3 is 2.89 bits per heavy atom. The van der Waals surface area contributed by atoms with E-state index in [4.69, 9.17) is 5.26 Å². The van der Waals surface area contributed by atoms with Gasteiger partial charge in [0, 0.05) is 20.1 Å². The van der Waals surface area contributed by atoms with E-state index in [9.17, 15) is 4.79 Å². The summed E-state index contributed by atoms with van der Waals surface area (Å²) in [6.07, 6.45) is 0.952. The molecule has 0 aliphatic carbocycles. The van der Waals surface area contributed by atoms with Gasteiger partial charge in [0.15, 0.2) is 0 Å². The summed E-state index contributed by atoms with van der Waals surface area (Å²) in [7, 11) is 1.57. The highest BCUT2D eigenvalue weighted by Gasteiger charge is 1.96. The summed E-state index contributed by atoms with van der Waals surface area (Å²) < 4.78 is 4.68. The monoisotopic (exact) mass is 127 g/mol. The first-order chi connectivity index (χ1) is 4.31. The molecule has 9 heavy (non-hydrogen) atoms. The molecule has 3 heteroatoms. The molecule has 0 rings (SSSR count). The number of rotatable bonds is 4. The summed E-state index contributed by atoms with van der Waals surface area (Å²) >= 11 is 0. The van der Waals surface area contributed by atoms with Crippen LogP contribution in [0.4, 0.5) is 0 Å². The summed E-state index contributed by atoms with van der Waals surface area (Å²) in [5, 5.41) is 7.99. The zero-order valence-electron chi connectivity index (χ0n) is 5.39. The fourth-order valence-electron chi connectivity index (χ4n) is 0.433. The molecule has 0 spiro atoms. The molecule has 0 bridgehead atoms. The number of nitriles is 1. The molecule has 0 saturated heterocycles. The molecule has 0 fully saturated rings. The number of methoxy groups -OCH3 is 1. The molecule has 0 amide bonds. The molecule has 0 heterocycles. The Balaban J connectivity index is 3.10. The van der Waals surface area contributed by atoms with Gasteiger partial charge in [0.25, 0.3) is 0 Å². The van der Waals surface area contributed by atoms with Crippen LogP contribution in [0.2, 0.25) is 0 Å². The second kappa shape index (κ2) is 5.26. The van der Waals surface area contributed by atoms with E-state index in [2.05, 4.69) is 4.74 Å². The third-order valence-corrected chi connectivity index (χ3v) is 0.877. The van der Waals surface area contributed by atoms with Crippen molar-refractivity contribution < 1.29 is 9.53 Å². The summed E-state index contributed by atoms with van der Waals surface area (Å²) in [4.78, 5) is 10.3. The first-order valence-electron chi connectivity index (χ1n) is 2.73. The lowest BCUT2D eigenvalue weighted by molar-refractivity contribution is -0.114. The van der Waals surface area contributed by atoms with Crippen LogP contribution >= 0.6 is 0 Å². The maximum absolute atomic E-state index is 10.3. The smallest absolute Gasteiger partial charge is 0.232 e. The maximum Gasteiger partial charge on any atom is 0.232 e. The van der Waals surface area contributed by atoms with E-state index in [0.29, 0.717) is 19.4 Å². The van der Waals surface area contributed by atoms with Crippen molar-refractivity contribution in [3.05, 3.63) is 0 Å². The molecule has 0 aromatic carbocycles. The molecule has 0 atom stereocenters. The molecular weight excluding hydrogens is 118 g/mol. The van der Waals surface area contributed by atoms with Gasteiger partial charge < -0.3 is 4.74 Å². The number of ether oxygens (including phenoxy) is 1. The van der Waals surface area contributed by atoms with Crippen LogP contribution in [0.25, 0.3) is 0 Å². The highest BCUT2D eigenvalue weighted by molar-refractivity contribution is 5.93. The van der Waals surface area contributed by atoms with Crippen molar-refractivity contribution in [2.24, 2.45) is 0 Å². The Bertz CT molecular complexity index is 126. The second-order valence-electron chi connectivity index (χ2n) is 1.63. The molecule has 0 saturated carbocycles. The fourth-order valence-corrected chi connectivity index (χ4v) is 0.433. The minimum Gasteiger partial charge on any atom is -0.385 e. The lowest BCUT2D eigenvalue weighted by Crippen LogP contribution is -1.96. The highest BCUT2D eigenvalue weighted by Crippen LogP contribution is 1.88. The van der Waals surface area contributed by atoms with E-state index in [0.717, 1.165) is 0 Å². The van der Waals surface area contributed by atoms with Gasteiger partial charge in [-0.15, -0.1) is 0 Å². The van der Waals surface area contributed by atoms with E-state index >= 15 is 0 Å². The quantitative estimate of drug-likeness (QED) is 0.408. The molecule has 0 aromatic heterocycles. The van der Waals surface area contributed by atoms with Crippen LogP contribution in [0.1, 0.15) is 12.8 Å². The number of hydrogen-bond donors (Lipinski definition) is 0. The molecule has 0 unspecified atom stereocenters. The van der Waals surface area contributed by atoms with Gasteiger partial charge in [-0.3, -0.25) is 4.79 Å². The van der Waals surface area contributed by atoms with Gasteiger partial charge in [-0.2, -0.15) is 5.26 Å². The second-order valence-corrected chi connectivity index (χ2v) is 1.63. The number of carbonyl (C=O) groups excluding carboxylic acids is 1. The van der Waals surface area contributed by atoms with Gasteiger partial charge in [0.05, 0.1) is 0 Å². The van der Waals surface area contributed by atoms with Crippen molar-refractivity contribution in [3.63, 3.8) is 0 Å². The van der Waals surface area contributed by atoms with Gasteiger partial charge in [0.2, 0.25) is 5.78 Å². The van der Waals surface area contributed by atoms with E-state index in [-0.39, 0.29) is 5.78 Å². The molecule has 0 aliphatic rings. The normalized spacial score (nSPS) is 8.44. The number of nitrogens with zero attached hydrogens (tertiary/aromatic N) is 1. The van der Waals surface area contributed by atoms with Crippen molar-refractivity contribution in [1.82, 2.24) is 0 Å². The van der Waals surface area contributed by atoms with Crippen molar-refractivity contribution in [3.8, 4) is 6.07 Å². The van der Waals surface area contributed by atoms with Crippen LogP contribution in [0.5, 0.6) is 0 Å². The Morgan fingerprint density at radius 1 is 1.78 bits per heavy atom. The van der Waals surface area contributed by atoms with Crippen molar-refractivity contribution >= 4 is 5.78 Å². The van der Waals surface area contributed by atoms with Gasteiger partial charge >= 0.3 is 0 Å². The molecule has 3 nitrogen and oxygen atoms in total. The largest absolute Gasteiger partial charge is 0.385 e. The van der Waals surface area contributed by atoms with Crippen LogP contribution in [0.3, 0.4) is 0 Å². The Morgan fingerprint density at radius 2 is 2.44 bits per heavy atom. The first-order valence-corrected chi connectivity index (χ1v) is 2.73. The van der Waals surface area contributed by atoms with Gasteiger partial charge in [-0.05, 0) is 6.42 Å². The average Bonchev–Trinajstić information content (AvgIpc) is 1.89. The number of Topliss-reactive ketones (excluding diaryl/α,β-unsaturated/α-hetero) is 1. The molecule has 0 aliphatic heterocycles. The Kier molecular flexibility index (Phi) is 4.75. The minimum absolute atomic E-state index is 0.310. The van der Waals surface area contributed by atoms with Crippen LogP contribution in [0.15, 0.2) is 0 Å². The topological polar surface area (TPSA) is 50.1 Å². The van der Waals surface area contributed by atoms with E-state index in [1.54, 1.807) is 7.11 Å². The summed E-state index contributed by atoms with van der Waals surface area (Å²) in [6.45, 7) is 0.549. The highest BCUT2D eigenvalue weighted by atomic mass is 16.5. The third-order valence-electron chi connectivity index (χ3n) is 0.877. The molecular formula is C6H9NO2. The van der Waals surface area contributed by atoms with Crippen molar-refractivity contribution in [2.45, 2.75) is 12.8 Å². The van der Waals surface area contributed by atoms with Crippen LogP contribution < -0.4 is 0 Å². The van der Waals surface area contributed by atoms with Gasteiger partial charge in [-0.1, -0.05) is 0 Å². The van der Waals surface area contributed by atoms with Gasteiger partial charge in [0.1, 0.15) is 6.07 Å². The summed E-state index contributed by atoms with van der Waals surface area (Å²) in [5.74, 6) is -0.368. The number of ketones is 1. The maximum atomic E-state index is 10.3. The number of hydrogen-bond acceptors (Lipinski definition) is 3. The van der Waals surface area contributed by atoms with Gasteiger partial charge in [-0.25, -0.2) is 0 Å². The first kappa shape index (κ1) is 8.12. The molecule has 50 valence electrons. The third kappa shape index (κ3) is 4.98. The minimum atomic E-state index is -0.368. The Hall–Kier alpha value is -0.880. The van der Waals surface area contributed by atoms with Crippen molar-refractivity contribution in [2.75, 3.05) is 13.7 Å². The predicted molar refractivity (Wildman–Crippen MR) is 31.7 cm³/mol. The molecule has 0 aromatic rings. The summed E-state index contributed by atoms with van der Waals surface area (Å²) in [5.41, 5.74) is 0. The average molecular weight is 127 g/mol. The van der Waals surface area contributed by atoms with Crippen LogP contribution in [0, 0.1) is 11.3 Å².